The number of hydrogen-bond donors (Lipinski definition) is 3. The van der Waals surface area contributed by atoms with E-state index in [9.17, 15) is 0 Å². The van der Waals surface area contributed by atoms with Gasteiger partial charge in [-0.15, -0.1) is 0 Å². The fourth-order valence-corrected chi connectivity index (χ4v) is 1.96. The molecule has 0 saturated carbocycles. The summed E-state index contributed by atoms with van der Waals surface area (Å²) in [7, 11) is 0. The molecule has 0 aliphatic heterocycles. The van der Waals surface area contributed by atoms with Crippen molar-refractivity contribution < 1.29 is 0 Å². The van der Waals surface area contributed by atoms with E-state index in [1.165, 1.54) is 0 Å². The standard InChI is InChI=1S/C13H11ClN4/c14-9-3-1-2-4-10(9)16-13-17-11-6-5-8(15)7-12(11)18-13/h1-7H,15H2,(H2,16,17,18). The second-order valence-electron chi connectivity index (χ2n) is 3.97. The number of H-pyrrole nitrogens is 1. The lowest BCUT2D eigenvalue weighted by Gasteiger charge is -2.03. The van der Waals surface area contributed by atoms with Crippen LogP contribution in [0.3, 0.4) is 0 Å². The average molecular weight is 259 g/mol. The molecule has 3 rings (SSSR count). The number of aromatic nitrogens is 2. The van der Waals surface area contributed by atoms with Crippen LogP contribution in [-0.2, 0) is 0 Å². The number of benzene rings is 2. The Morgan fingerprint density at radius 3 is 2.83 bits per heavy atom. The zero-order valence-electron chi connectivity index (χ0n) is 9.44. The van der Waals surface area contributed by atoms with Crippen molar-refractivity contribution in [2.75, 3.05) is 11.1 Å². The first kappa shape index (κ1) is 10.9. The van der Waals surface area contributed by atoms with E-state index in [0.717, 1.165) is 16.7 Å². The van der Waals surface area contributed by atoms with Gasteiger partial charge >= 0.3 is 0 Å². The molecule has 0 unspecified atom stereocenters. The van der Waals surface area contributed by atoms with Gasteiger partial charge in [-0.05, 0) is 30.3 Å². The normalized spacial score (nSPS) is 10.7. The van der Waals surface area contributed by atoms with Gasteiger partial charge in [0.25, 0.3) is 0 Å². The average Bonchev–Trinajstić information content (AvgIpc) is 2.73. The lowest BCUT2D eigenvalue weighted by molar-refractivity contribution is 1.31. The fraction of sp³-hybridized carbons (Fsp3) is 0. The Kier molecular flexibility index (Phi) is 2.57. The van der Waals surface area contributed by atoms with Crippen LogP contribution in [0.1, 0.15) is 0 Å². The van der Waals surface area contributed by atoms with Crippen LogP contribution >= 0.6 is 11.6 Å². The van der Waals surface area contributed by atoms with Gasteiger partial charge in [0.15, 0.2) is 0 Å². The predicted molar refractivity (Wildman–Crippen MR) is 75.2 cm³/mol. The zero-order chi connectivity index (χ0) is 12.5. The third-order valence-electron chi connectivity index (χ3n) is 2.63. The van der Waals surface area contributed by atoms with Gasteiger partial charge < -0.3 is 16.0 Å². The molecule has 0 aliphatic rings. The van der Waals surface area contributed by atoms with Gasteiger partial charge in [0.2, 0.25) is 5.95 Å². The van der Waals surface area contributed by atoms with E-state index in [1.54, 1.807) is 0 Å². The van der Waals surface area contributed by atoms with Crippen LogP contribution in [0, 0.1) is 0 Å². The van der Waals surface area contributed by atoms with Crippen molar-refractivity contribution in [2.24, 2.45) is 0 Å². The molecule has 0 amide bonds. The Labute approximate surface area is 109 Å². The van der Waals surface area contributed by atoms with Gasteiger partial charge in [-0.25, -0.2) is 4.98 Å². The van der Waals surface area contributed by atoms with E-state index in [2.05, 4.69) is 15.3 Å². The SMILES string of the molecule is Nc1ccc2nc(Nc3ccccc3Cl)[nH]c2c1. The smallest absolute Gasteiger partial charge is 0.205 e. The van der Waals surface area contributed by atoms with Gasteiger partial charge in [-0.2, -0.15) is 0 Å². The van der Waals surface area contributed by atoms with Crippen LogP contribution in [0.4, 0.5) is 17.3 Å². The molecule has 0 aliphatic carbocycles. The monoisotopic (exact) mass is 258 g/mol. The van der Waals surface area contributed by atoms with Crippen LogP contribution in [0.2, 0.25) is 5.02 Å². The highest BCUT2D eigenvalue weighted by Gasteiger charge is 2.05. The van der Waals surface area contributed by atoms with Crippen molar-refractivity contribution in [3.05, 3.63) is 47.5 Å². The van der Waals surface area contributed by atoms with Gasteiger partial charge in [0, 0.05) is 5.69 Å². The molecule has 1 aromatic heterocycles. The first-order valence-corrected chi connectivity index (χ1v) is 5.87. The number of nitrogens with zero attached hydrogens (tertiary/aromatic N) is 1. The summed E-state index contributed by atoms with van der Waals surface area (Å²) < 4.78 is 0. The third-order valence-corrected chi connectivity index (χ3v) is 2.96. The number of halogens is 1. The Morgan fingerprint density at radius 2 is 2.00 bits per heavy atom. The number of fused-ring (bicyclic) bond motifs is 1. The zero-order valence-corrected chi connectivity index (χ0v) is 10.2. The number of para-hydroxylation sites is 1. The molecule has 0 atom stereocenters. The Balaban J connectivity index is 1.98. The molecular weight excluding hydrogens is 248 g/mol. The molecule has 0 bridgehead atoms. The quantitative estimate of drug-likeness (QED) is 0.616. The third kappa shape index (κ3) is 1.98. The first-order chi connectivity index (χ1) is 8.72. The van der Waals surface area contributed by atoms with Crippen molar-refractivity contribution >= 4 is 40.0 Å². The predicted octanol–water partition coefficient (Wildman–Crippen LogP) is 3.54. The van der Waals surface area contributed by atoms with Gasteiger partial charge in [0.1, 0.15) is 0 Å². The Hall–Kier alpha value is -2.20. The van der Waals surface area contributed by atoms with E-state index >= 15 is 0 Å². The highest BCUT2D eigenvalue weighted by atomic mass is 35.5. The lowest BCUT2D eigenvalue weighted by Crippen LogP contribution is -1.92. The molecule has 2 aromatic carbocycles. The van der Waals surface area contributed by atoms with Crippen LogP contribution in [0.15, 0.2) is 42.5 Å². The van der Waals surface area contributed by atoms with E-state index in [1.807, 2.05) is 42.5 Å². The number of nitrogens with one attached hydrogen (secondary N) is 2. The highest BCUT2D eigenvalue weighted by molar-refractivity contribution is 6.33. The molecule has 0 saturated heterocycles. The van der Waals surface area contributed by atoms with Crippen molar-refractivity contribution in [1.82, 2.24) is 9.97 Å². The molecule has 4 nitrogen and oxygen atoms in total. The summed E-state index contributed by atoms with van der Waals surface area (Å²) in [5.41, 5.74) is 8.99. The maximum atomic E-state index is 6.07. The Bertz CT molecular complexity index is 705. The number of nitrogens with two attached hydrogens (primary N) is 1. The molecule has 3 aromatic rings. The van der Waals surface area contributed by atoms with Gasteiger partial charge in [-0.1, -0.05) is 23.7 Å². The molecule has 0 spiro atoms. The molecule has 0 radical (unpaired) electrons. The molecule has 5 heteroatoms. The number of rotatable bonds is 2. The van der Waals surface area contributed by atoms with Crippen molar-refractivity contribution in [1.29, 1.82) is 0 Å². The van der Waals surface area contributed by atoms with Crippen LogP contribution in [0.5, 0.6) is 0 Å². The van der Waals surface area contributed by atoms with E-state index < -0.39 is 0 Å². The van der Waals surface area contributed by atoms with Crippen LogP contribution in [-0.4, -0.2) is 9.97 Å². The minimum atomic E-state index is 0.642. The summed E-state index contributed by atoms with van der Waals surface area (Å²) >= 11 is 6.07. The van der Waals surface area contributed by atoms with E-state index in [-0.39, 0.29) is 0 Å². The number of imidazole rings is 1. The fourth-order valence-electron chi connectivity index (χ4n) is 1.78. The second-order valence-corrected chi connectivity index (χ2v) is 4.37. The van der Waals surface area contributed by atoms with Crippen LogP contribution in [0.25, 0.3) is 11.0 Å². The van der Waals surface area contributed by atoms with E-state index in [4.69, 9.17) is 17.3 Å². The summed E-state index contributed by atoms with van der Waals surface area (Å²) in [6.45, 7) is 0. The van der Waals surface area contributed by atoms with Crippen molar-refractivity contribution in [3.8, 4) is 0 Å². The molecule has 0 fully saturated rings. The van der Waals surface area contributed by atoms with Gasteiger partial charge in [-0.3, -0.25) is 0 Å². The summed E-state index contributed by atoms with van der Waals surface area (Å²) in [6.07, 6.45) is 0. The number of nitrogen functional groups attached to an aromatic ring is 1. The lowest BCUT2D eigenvalue weighted by atomic mass is 10.3. The number of aromatic amines is 1. The number of hydrogen-bond acceptors (Lipinski definition) is 3. The maximum absolute atomic E-state index is 6.07. The maximum Gasteiger partial charge on any atom is 0.205 e. The molecule has 4 N–H and O–H groups in total. The number of anilines is 3. The highest BCUT2D eigenvalue weighted by Crippen LogP contribution is 2.25. The summed E-state index contributed by atoms with van der Waals surface area (Å²) in [5, 5.41) is 3.79. The minimum absolute atomic E-state index is 0.642. The van der Waals surface area contributed by atoms with Crippen LogP contribution < -0.4 is 11.1 Å². The van der Waals surface area contributed by atoms with E-state index in [0.29, 0.717) is 16.7 Å². The minimum Gasteiger partial charge on any atom is -0.399 e. The summed E-state index contributed by atoms with van der Waals surface area (Å²) in [4.78, 5) is 7.56. The topological polar surface area (TPSA) is 66.7 Å². The Morgan fingerprint density at radius 1 is 1.17 bits per heavy atom. The van der Waals surface area contributed by atoms with Crippen molar-refractivity contribution in [2.45, 2.75) is 0 Å². The molecule has 18 heavy (non-hydrogen) atoms. The second kappa shape index (κ2) is 4.23. The molecule has 1 heterocycles. The first-order valence-electron chi connectivity index (χ1n) is 5.49. The molecular formula is C13H11ClN4. The molecule has 90 valence electrons. The summed E-state index contributed by atoms with van der Waals surface area (Å²) in [6, 6.07) is 13.1. The van der Waals surface area contributed by atoms with Crippen molar-refractivity contribution in [3.63, 3.8) is 0 Å². The van der Waals surface area contributed by atoms with Gasteiger partial charge in [0.05, 0.1) is 21.7 Å². The largest absolute Gasteiger partial charge is 0.399 e. The summed E-state index contributed by atoms with van der Waals surface area (Å²) in [5.74, 6) is 0.642.